The van der Waals surface area contributed by atoms with E-state index in [-0.39, 0.29) is 12.3 Å². The van der Waals surface area contributed by atoms with E-state index in [9.17, 15) is 14.7 Å². The number of carboxylic acids is 1. The van der Waals surface area contributed by atoms with E-state index in [1.165, 1.54) is 0 Å². The van der Waals surface area contributed by atoms with Gasteiger partial charge in [-0.3, -0.25) is 9.59 Å². The minimum absolute atomic E-state index is 0.00794. The molecule has 0 saturated carbocycles. The SMILES string of the molecule is COCCCN1C(=O)CCC(C(=O)O)C1c1cccc(OC)c1. The number of carboxylic acid groups (broad SMARTS) is 1. The molecule has 1 aromatic carbocycles. The van der Waals surface area contributed by atoms with Crippen molar-refractivity contribution < 1.29 is 24.2 Å². The highest BCUT2D eigenvalue weighted by molar-refractivity contribution is 5.81. The summed E-state index contributed by atoms with van der Waals surface area (Å²) in [5.74, 6) is -0.836. The summed E-state index contributed by atoms with van der Waals surface area (Å²) >= 11 is 0. The lowest BCUT2D eigenvalue weighted by Crippen LogP contribution is -2.45. The first kappa shape index (κ1) is 17.3. The number of nitrogens with zero attached hydrogens (tertiary/aromatic N) is 1. The maximum atomic E-state index is 12.4. The molecule has 1 saturated heterocycles. The number of carbonyl (C=O) groups is 2. The van der Waals surface area contributed by atoms with E-state index in [2.05, 4.69) is 0 Å². The van der Waals surface area contributed by atoms with Gasteiger partial charge in [0.05, 0.1) is 19.1 Å². The van der Waals surface area contributed by atoms with Crippen molar-refractivity contribution in [2.75, 3.05) is 27.4 Å². The normalized spacial score (nSPS) is 21.3. The van der Waals surface area contributed by atoms with Gasteiger partial charge in [-0.25, -0.2) is 0 Å². The Balaban J connectivity index is 2.34. The first-order valence-corrected chi connectivity index (χ1v) is 7.73. The Morgan fingerprint density at radius 1 is 1.39 bits per heavy atom. The van der Waals surface area contributed by atoms with Gasteiger partial charge in [0.25, 0.3) is 0 Å². The van der Waals surface area contributed by atoms with Crippen molar-refractivity contribution in [3.05, 3.63) is 29.8 Å². The smallest absolute Gasteiger partial charge is 0.308 e. The molecule has 1 amide bonds. The Kier molecular flexibility index (Phi) is 5.98. The topological polar surface area (TPSA) is 76.1 Å². The lowest BCUT2D eigenvalue weighted by molar-refractivity contribution is -0.152. The molecule has 1 N–H and O–H groups in total. The Bertz CT molecular complexity index is 560. The van der Waals surface area contributed by atoms with Crippen LogP contribution in [0, 0.1) is 5.92 Å². The van der Waals surface area contributed by atoms with E-state index < -0.39 is 17.9 Å². The van der Waals surface area contributed by atoms with Crippen LogP contribution in [0.3, 0.4) is 0 Å². The van der Waals surface area contributed by atoms with Crippen LogP contribution in [0.2, 0.25) is 0 Å². The van der Waals surface area contributed by atoms with Crippen LogP contribution >= 0.6 is 0 Å². The van der Waals surface area contributed by atoms with Crippen LogP contribution in [0.5, 0.6) is 5.75 Å². The average Bonchev–Trinajstić information content (AvgIpc) is 2.56. The van der Waals surface area contributed by atoms with Crippen LogP contribution < -0.4 is 4.74 Å². The zero-order valence-electron chi connectivity index (χ0n) is 13.5. The fourth-order valence-electron chi connectivity index (χ4n) is 3.09. The lowest BCUT2D eigenvalue weighted by Gasteiger charge is -2.40. The number of carbonyl (C=O) groups excluding carboxylic acids is 1. The summed E-state index contributed by atoms with van der Waals surface area (Å²) in [5, 5.41) is 9.58. The maximum absolute atomic E-state index is 12.4. The second kappa shape index (κ2) is 7.97. The summed E-state index contributed by atoms with van der Waals surface area (Å²) in [6.45, 7) is 1.02. The number of ether oxygens (including phenoxy) is 2. The molecule has 1 aromatic rings. The second-order valence-corrected chi connectivity index (χ2v) is 5.64. The number of likely N-dealkylation sites (tertiary alicyclic amines) is 1. The molecular formula is C17H23NO5. The summed E-state index contributed by atoms with van der Waals surface area (Å²) < 4.78 is 10.3. The van der Waals surface area contributed by atoms with Gasteiger partial charge in [0.15, 0.2) is 0 Å². The third-order valence-electron chi connectivity index (χ3n) is 4.21. The molecule has 2 rings (SSSR count). The van der Waals surface area contributed by atoms with E-state index in [0.717, 1.165) is 5.56 Å². The summed E-state index contributed by atoms with van der Waals surface area (Å²) in [7, 11) is 3.17. The predicted molar refractivity (Wildman–Crippen MR) is 84.3 cm³/mol. The Morgan fingerprint density at radius 3 is 2.83 bits per heavy atom. The minimum Gasteiger partial charge on any atom is -0.497 e. The van der Waals surface area contributed by atoms with Crippen molar-refractivity contribution in [2.45, 2.75) is 25.3 Å². The molecule has 126 valence electrons. The zero-order chi connectivity index (χ0) is 16.8. The molecule has 0 aromatic heterocycles. The largest absolute Gasteiger partial charge is 0.497 e. The molecular weight excluding hydrogens is 298 g/mol. The standard InChI is InChI=1S/C17H23NO5/c1-22-10-4-9-18-15(19)8-7-14(17(20)21)16(18)12-5-3-6-13(11-12)23-2/h3,5-6,11,14,16H,4,7-10H2,1-2H3,(H,20,21). The Hall–Kier alpha value is -2.08. The Morgan fingerprint density at radius 2 is 2.17 bits per heavy atom. The number of aliphatic carboxylic acids is 1. The molecule has 6 heteroatoms. The number of amides is 1. The van der Waals surface area contributed by atoms with Gasteiger partial charge in [-0.2, -0.15) is 0 Å². The lowest BCUT2D eigenvalue weighted by atomic mass is 9.84. The van der Waals surface area contributed by atoms with E-state index in [1.807, 2.05) is 18.2 Å². The molecule has 2 unspecified atom stereocenters. The fraction of sp³-hybridized carbons (Fsp3) is 0.529. The van der Waals surface area contributed by atoms with Gasteiger partial charge >= 0.3 is 5.97 Å². The molecule has 6 nitrogen and oxygen atoms in total. The summed E-state index contributed by atoms with van der Waals surface area (Å²) in [6, 6.07) is 6.81. The van der Waals surface area contributed by atoms with Crippen LogP contribution in [0.15, 0.2) is 24.3 Å². The number of hydrogen-bond donors (Lipinski definition) is 1. The summed E-state index contributed by atoms with van der Waals surface area (Å²) in [4.78, 5) is 25.7. The number of benzene rings is 1. The number of hydrogen-bond acceptors (Lipinski definition) is 4. The van der Waals surface area contributed by atoms with Crippen LogP contribution in [-0.4, -0.2) is 49.3 Å². The average molecular weight is 321 g/mol. The third kappa shape index (κ3) is 4.01. The third-order valence-corrected chi connectivity index (χ3v) is 4.21. The highest BCUT2D eigenvalue weighted by Crippen LogP contribution is 2.38. The van der Waals surface area contributed by atoms with Gasteiger partial charge < -0.3 is 19.5 Å². The molecule has 0 bridgehead atoms. The van der Waals surface area contributed by atoms with Crippen molar-refractivity contribution in [3.63, 3.8) is 0 Å². The van der Waals surface area contributed by atoms with E-state index >= 15 is 0 Å². The van der Waals surface area contributed by atoms with E-state index in [0.29, 0.717) is 31.7 Å². The number of piperidine rings is 1. The molecule has 0 spiro atoms. The monoisotopic (exact) mass is 321 g/mol. The molecule has 1 aliphatic rings. The highest BCUT2D eigenvalue weighted by atomic mass is 16.5. The highest BCUT2D eigenvalue weighted by Gasteiger charge is 2.40. The minimum atomic E-state index is -0.873. The molecule has 0 radical (unpaired) electrons. The van der Waals surface area contributed by atoms with Crippen molar-refractivity contribution in [1.82, 2.24) is 4.90 Å². The maximum Gasteiger partial charge on any atom is 0.308 e. The second-order valence-electron chi connectivity index (χ2n) is 5.64. The van der Waals surface area contributed by atoms with Gasteiger partial charge in [0, 0.05) is 26.7 Å². The van der Waals surface area contributed by atoms with E-state index in [1.54, 1.807) is 25.2 Å². The van der Waals surface area contributed by atoms with Crippen LogP contribution in [0.4, 0.5) is 0 Å². The quantitative estimate of drug-likeness (QED) is 0.778. The first-order valence-electron chi connectivity index (χ1n) is 7.73. The molecule has 1 heterocycles. The molecule has 2 atom stereocenters. The Labute approximate surface area is 136 Å². The number of rotatable bonds is 7. The van der Waals surface area contributed by atoms with Crippen molar-refractivity contribution in [2.24, 2.45) is 5.92 Å². The molecule has 23 heavy (non-hydrogen) atoms. The van der Waals surface area contributed by atoms with Crippen molar-refractivity contribution >= 4 is 11.9 Å². The van der Waals surface area contributed by atoms with E-state index in [4.69, 9.17) is 9.47 Å². The van der Waals surface area contributed by atoms with Gasteiger partial charge in [-0.1, -0.05) is 12.1 Å². The number of methoxy groups -OCH3 is 2. The van der Waals surface area contributed by atoms with Gasteiger partial charge in [-0.15, -0.1) is 0 Å². The van der Waals surface area contributed by atoms with Crippen LogP contribution in [-0.2, 0) is 14.3 Å². The zero-order valence-corrected chi connectivity index (χ0v) is 13.5. The van der Waals surface area contributed by atoms with Crippen LogP contribution in [0.1, 0.15) is 30.9 Å². The molecule has 1 fully saturated rings. The molecule has 1 aliphatic heterocycles. The first-order chi connectivity index (χ1) is 11.1. The van der Waals surface area contributed by atoms with Gasteiger partial charge in [0.2, 0.25) is 5.91 Å². The summed E-state index contributed by atoms with van der Waals surface area (Å²) in [5.41, 5.74) is 0.794. The fourth-order valence-corrected chi connectivity index (χ4v) is 3.09. The van der Waals surface area contributed by atoms with Gasteiger partial charge in [-0.05, 0) is 30.5 Å². The predicted octanol–water partition coefficient (Wildman–Crippen LogP) is 2.10. The van der Waals surface area contributed by atoms with Crippen molar-refractivity contribution in [3.8, 4) is 5.75 Å². The van der Waals surface area contributed by atoms with Gasteiger partial charge in [0.1, 0.15) is 5.75 Å². The van der Waals surface area contributed by atoms with Crippen molar-refractivity contribution in [1.29, 1.82) is 0 Å². The van der Waals surface area contributed by atoms with Crippen LogP contribution in [0.25, 0.3) is 0 Å². The summed E-state index contributed by atoms with van der Waals surface area (Å²) in [6.07, 6.45) is 1.30. The molecule has 0 aliphatic carbocycles.